The van der Waals surface area contributed by atoms with E-state index in [4.69, 9.17) is 14.2 Å². The highest BCUT2D eigenvalue weighted by molar-refractivity contribution is 6.18. The predicted molar refractivity (Wildman–Crippen MR) is 209 cm³/mol. The average molecular weight is 800 g/mol. The van der Waals surface area contributed by atoms with Crippen LogP contribution in [0.25, 0.3) is 0 Å². The Morgan fingerprint density at radius 1 is 0.862 bits per heavy atom. The summed E-state index contributed by atoms with van der Waals surface area (Å²) in [4.78, 5) is 85.5. The molecule has 2 N–H and O–H groups in total. The molecule has 5 amide bonds. The fourth-order valence-electron chi connectivity index (χ4n) is 5.64. The molecule has 1 aliphatic heterocycles. The minimum absolute atomic E-state index is 0.0388. The largest absolute Gasteiger partial charge is 0.480 e. The minimum atomic E-state index is -1.19. The number of nitriles is 1. The summed E-state index contributed by atoms with van der Waals surface area (Å²) in [5.41, 5.74) is -0.536. The van der Waals surface area contributed by atoms with Crippen LogP contribution >= 0.6 is 0 Å². The number of carbonyl (C=O) groups is 6. The van der Waals surface area contributed by atoms with Crippen LogP contribution in [0.1, 0.15) is 101 Å². The van der Waals surface area contributed by atoms with Crippen molar-refractivity contribution in [3.8, 4) is 6.07 Å². The lowest BCUT2D eigenvalue weighted by Crippen LogP contribution is -2.50. The minimum Gasteiger partial charge on any atom is -0.480 e. The van der Waals surface area contributed by atoms with Crippen molar-refractivity contribution in [2.24, 2.45) is 4.99 Å². The Balaban J connectivity index is 1.68. The number of benzene rings is 2. The number of fused-ring (bicyclic) bond motifs is 1. The zero-order valence-electron chi connectivity index (χ0n) is 34.1. The van der Waals surface area contributed by atoms with E-state index in [0.29, 0.717) is 33.7 Å². The Morgan fingerprint density at radius 2 is 1.41 bits per heavy atom. The van der Waals surface area contributed by atoms with Crippen molar-refractivity contribution in [2.45, 2.75) is 111 Å². The van der Waals surface area contributed by atoms with E-state index in [2.05, 4.69) is 21.5 Å². The number of aliphatic imine (C=N–C) groups is 1. The second-order valence-electron chi connectivity index (χ2n) is 16.5. The molecule has 1 aliphatic rings. The summed E-state index contributed by atoms with van der Waals surface area (Å²) < 4.78 is 17.7. The zero-order chi connectivity index (χ0) is 43.2. The Kier molecular flexibility index (Phi) is 13.5. The van der Waals surface area contributed by atoms with E-state index in [9.17, 15) is 39.1 Å². The molecule has 2 aromatic carbocycles. The number of imide groups is 1. The van der Waals surface area contributed by atoms with Gasteiger partial charge in [0, 0.05) is 48.8 Å². The van der Waals surface area contributed by atoms with Gasteiger partial charge in [0.2, 0.25) is 5.91 Å². The number of aromatic nitrogens is 2. The van der Waals surface area contributed by atoms with Gasteiger partial charge in [0.1, 0.15) is 29.4 Å². The van der Waals surface area contributed by atoms with Crippen molar-refractivity contribution >= 4 is 41.9 Å². The third-order valence-electron chi connectivity index (χ3n) is 8.00. The van der Waals surface area contributed by atoms with E-state index in [0.717, 1.165) is 0 Å². The van der Waals surface area contributed by atoms with Crippen LogP contribution in [-0.4, -0.2) is 96.0 Å². The van der Waals surface area contributed by atoms with Crippen LogP contribution < -0.4 is 5.32 Å². The molecule has 0 spiro atoms. The molecule has 0 unspecified atom stereocenters. The van der Waals surface area contributed by atoms with Crippen molar-refractivity contribution in [1.29, 1.82) is 5.26 Å². The molecular weight excluding hydrogens is 750 g/mol. The Bertz CT molecular complexity index is 2090. The van der Waals surface area contributed by atoms with Crippen molar-refractivity contribution in [1.82, 2.24) is 24.9 Å². The summed E-state index contributed by atoms with van der Waals surface area (Å²) in [6.45, 7) is 14.5. The van der Waals surface area contributed by atoms with Crippen molar-refractivity contribution in [3.05, 3.63) is 88.2 Å². The summed E-state index contributed by atoms with van der Waals surface area (Å²) >= 11 is 0. The molecule has 2 heterocycles. The number of hydrogen-bond donors (Lipinski definition) is 2. The van der Waals surface area contributed by atoms with Gasteiger partial charge in [0.15, 0.2) is 5.84 Å². The van der Waals surface area contributed by atoms with E-state index >= 15 is 0 Å². The van der Waals surface area contributed by atoms with E-state index < -0.39 is 64.7 Å². The van der Waals surface area contributed by atoms with Crippen LogP contribution in [0.3, 0.4) is 0 Å². The van der Waals surface area contributed by atoms with Crippen LogP contribution in [0, 0.1) is 11.3 Å². The average Bonchev–Trinajstić information content (AvgIpc) is 3.49. The number of hydrogen-bond acceptors (Lipinski definition) is 11. The molecule has 17 nitrogen and oxygen atoms in total. The fourth-order valence-corrected chi connectivity index (χ4v) is 5.64. The molecule has 58 heavy (non-hydrogen) atoms. The molecule has 3 aromatic rings. The maximum absolute atomic E-state index is 14.1. The van der Waals surface area contributed by atoms with E-state index in [-0.39, 0.29) is 37.2 Å². The maximum atomic E-state index is 14.1. The van der Waals surface area contributed by atoms with Gasteiger partial charge in [-0.05, 0) is 92.1 Å². The topological polar surface area (TPSA) is 223 Å². The normalized spacial score (nSPS) is 13.7. The summed E-state index contributed by atoms with van der Waals surface area (Å²) in [5, 5.41) is 25.6. The highest BCUT2D eigenvalue weighted by Crippen LogP contribution is 2.22. The number of ether oxygens (including phenoxy) is 3. The van der Waals surface area contributed by atoms with Gasteiger partial charge in [-0.1, -0.05) is 24.3 Å². The Morgan fingerprint density at radius 3 is 1.93 bits per heavy atom. The van der Waals surface area contributed by atoms with Crippen LogP contribution in [-0.2, 0) is 49.7 Å². The molecule has 17 heteroatoms. The van der Waals surface area contributed by atoms with Gasteiger partial charge >= 0.3 is 24.2 Å². The molecule has 4 rings (SSSR count). The van der Waals surface area contributed by atoms with Crippen molar-refractivity contribution in [3.63, 3.8) is 0 Å². The predicted octanol–water partition coefficient (Wildman–Crippen LogP) is 5.62. The molecule has 0 radical (unpaired) electrons. The lowest BCUT2D eigenvalue weighted by Gasteiger charge is -2.30. The molecule has 0 saturated heterocycles. The zero-order valence-corrected chi connectivity index (χ0v) is 34.1. The molecule has 1 aromatic heterocycles. The first kappa shape index (κ1) is 44.1. The van der Waals surface area contributed by atoms with E-state index in [1.54, 1.807) is 97.7 Å². The fraction of sp³-hybridized carbons (Fsp3) is 0.439. The number of carboxylic acids is 1. The highest BCUT2D eigenvalue weighted by Gasteiger charge is 2.37. The number of rotatable bonds is 8. The number of carbonyl (C=O) groups excluding carboxylic acids is 5. The highest BCUT2D eigenvalue weighted by atomic mass is 16.6. The van der Waals surface area contributed by atoms with Gasteiger partial charge in [-0.15, -0.1) is 0 Å². The molecule has 0 bridgehead atoms. The van der Waals surface area contributed by atoms with Gasteiger partial charge < -0.3 is 29.5 Å². The monoisotopic (exact) mass is 799 g/mol. The number of carboxylic acid groups (broad SMARTS) is 1. The van der Waals surface area contributed by atoms with Gasteiger partial charge in [-0.3, -0.25) is 19.1 Å². The van der Waals surface area contributed by atoms with Gasteiger partial charge in [-0.2, -0.15) is 20.3 Å². The molecule has 308 valence electrons. The smallest absolute Gasteiger partial charge is 0.436 e. The maximum Gasteiger partial charge on any atom is 0.436 e. The second kappa shape index (κ2) is 17.7. The summed E-state index contributed by atoms with van der Waals surface area (Å²) in [7, 11) is 0. The Labute approximate surface area is 336 Å². The third kappa shape index (κ3) is 12.7. The van der Waals surface area contributed by atoms with Gasteiger partial charge in [0.25, 0.3) is 5.91 Å². The lowest BCUT2D eigenvalue weighted by atomic mass is 10.0. The second-order valence-corrected chi connectivity index (χ2v) is 16.5. The third-order valence-corrected chi connectivity index (χ3v) is 8.00. The Hall–Kier alpha value is -6.57. The molecule has 0 saturated carbocycles. The van der Waals surface area contributed by atoms with E-state index in [1.807, 2.05) is 0 Å². The molecule has 1 atom stereocenters. The number of nitrogens with one attached hydrogen (secondary N) is 1. The summed E-state index contributed by atoms with van der Waals surface area (Å²) in [5.74, 6) is -2.59. The number of aliphatic carboxylic acids is 1. The molecule has 0 aliphatic carbocycles. The lowest BCUT2D eigenvalue weighted by molar-refractivity contribution is -0.138. The summed E-state index contributed by atoms with van der Waals surface area (Å²) in [6.07, 6.45) is -1.45. The number of nitrogens with zero attached hydrogens (tertiary/aromatic N) is 6. The van der Waals surface area contributed by atoms with Crippen LogP contribution in [0.2, 0.25) is 0 Å². The first-order valence-corrected chi connectivity index (χ1v) is 18.5. The van der Waals surface area contributed by atoms with Crippen LogP contribution in [0.5, 0.6) is 0 Å². The van der Waals surface area contributed by atoms with Gasteiger partial charge in [-0.25, -0.2) is 14.4 Å². The quantitative estimate of drug-likeness (QED) is 0.161. The molecular formula is C41H49N7O10. The SMILES string of the molecule is CC(C)(C)OC(=O)N=C(c1ccc(C(=O)N[C@@H](Cc2ccc(C#N)cc2)C(=O)N2CCc3nn(CC(=O)O)cc3C2)cc1)N(C(=O)OC(C)(C)C)C(=O)OC(C)(C)C. The molecule has 0 fully saturated rings. The van der Waals surface area contributed by atoms with Crippen molar-refractivity contribution in [2.75, 3.05) is 6.54 Å². The number of amides is 5. The van der Waals surface area contributed by atoms with Gasteiger partial charge in [0.05, 0.1) is 17.3 Å². The van der Waals surface area contributed by atoms with E-state index in [1.165, 1.54) is 28.9 Å². The number of amidine groups is 1. The van der Waals surface area contributed by atoms with Crippen molar-refractivity contribution < 1.29 is 48.1 Å². The first-order chi connectivity index (χ1) is 26.9. The first-order valence-electron chi connectivity index (χ1n) is 18.5. The van der Waals surface area contributed by atoms with Crippen LogP contribution in [0.15, 0.2) is 59.7 Å². The summed E-state index contributed by atoms with van der Waals surface area (Å²) in [6, 6.07) is 13.0. The van der Waals surface area contributed by atoms with Crippen LogP contribution in [0.4, 0.5) is 14.4 Å². The standard InChI is InChI=1S/C41H49N7O10/c1-39(2,3)56-36(53)44-33(48(37(54)57-40(4,5)6)38(55)58-41(7,8)9)27-14-16-28(17-15-27)34(51)43-31(20-25-10-12-26(21-42)13-11-25)35(52)46-19-18-30-29(22-46)23-47(45-30)24-32(49)50/h10-17,23,31H,18-20,22,24H2,1-9H3,(H,43,51)(H,49,50)/t31-/m0/s1.